The molecule has 7 nitrogen and oxygen atoms in total. The molecule has 172 valence electrons. The molecular weight excluding hydrogens is 551 g/mol. The number of halogens is 3. The minimum atomic E-state index is -0.966. The first-order valence-electron chi connectivity index (χ1n) is 10.3. The maximum atomic E-state index is 12.6. The van der Waals surface area contributed by atoms with Gasteiger partial charge in [0.1, 0.15) is 10.6 Å². The second-order valence-corrected chi connectivity index (χ2v) is 10.9. The van der Waals surface area contributed by atoms with Crippen LogP contribution in [0.2, 0.25) is 10.0 Å². The Hall–Kier alpha value is -2.07. The van der Waals surface area contributed by atoms with Crippen molar-refractivity contribution in [1.29, 1.82) is 0 Å². The van der Waals surface area contributed by atoms with Crippen LogP contribution in [-0.4, -0.2) is 46.1 Å². The Morgan fingerprint density at radius 3 is 2.58 bits per heavy atom. The molecular formula is C22H19BrCl2N4O3S. The number of rotatable bonds is 6. The molecule has 3 heterocycles. The number of nitrogens with zero attached hydrogens (tertiary/aromatic N) is 2. The van der Waals surface area contributed by atoms with Crippen LogP contribution in [0.15, 0.2) is 28.7 Å². The molecule has 0 bridgehead atoms. The van der Waals surface area contributed by atoms with Gasteiger partial charge in [0, 0.05) is 47.6 Å². The third kappa shape index (κ3) is 4.16. The number of aromatic nitrogens is 2. The van der Waals surface area contributed by atoms with Crippen molar-refractivity contribution in [3.63, 3.8) is 0 Å². The number of benzene rings is 1. The topological polar surface area (TPSA) is 98.3 Å². The van der Waals surface area contributed by atoms with E-state index in [2.05, 4.69) is 36.1 Å². The van der Waals surface area contributed by atoms with Crippen LogP contribution < -0.4 is 10.2 Å². The number of carbonyl (C=O) groups excluding carboxylic acids is 1. The van der Waals surface area contributed by atoms with Gasteiger partial charge < -0.3 is 20.3 Å². The van der Waals surface area contributed by atoms with E-state index in [1.54, 1.807) is 6.92 Å². The molecule has 3 atom stereocenters. The smallest absolute Gasteiger partial charge is 0.347 e. The molecule has 1 saturated heterocycles. The average molecular weight is 570 g/mol. The van der Waals surface area contributed by atoms with Crippen LogP contribution in [0.3, 0.4) is 0 Å². The lowest BCUT2D eigenvalue weighted by atomic mass is 10.1. The van der Waals surface area contributed by atoms with Crippen molar-refractivity contribution in [3.8, 4) is 0 Å². The van der Waals surface area contributed by atoms with E-state index >= 15 is 0 Å². The van der Waals surface area contributed by atoms with Crippen LogP contribution in [0.25, 0.3) is 0 Å². The molecule has 11 heteroatoms. The molecule has 5 rings (SSSR count). The van der Waals surface area contributed by atoms with Gasteiger partial charge in [-0.25, -0.2) is 9.78 Å². The minimum absolute atomic E-state index is 0.0610. The lowest BCUT2D eigenvalue weighted by Gasteiger charge is -2.19. The van der Waals surface area contributed by atoms with Gasteiger partial charge in [-0.05, 0) is 18.6 Å². The number of anilines is 1. The Morgan fingerprint density at radius 1 is 1.27 bits per heavy atom. The fraction of sp³-hybridized carbons (Fsp3) is 0.318. The van der Waals surface area contributed by atoms with E-state index in [0.717, 1.165) is 23.1 Å². The van der Waals surface area contributed by atoms with Crippen molar-refractivity contribution in [2.75, 3.05) is 18.0 Å². The number of carboxylic acids is 1. The predicted octanol–water partition coefficient (Wildman–Crippen LogP) is 5.00. The van der Waals surface area contributed by atoms with Gasteiger partial charge in [-0.1, -0.05) is 68.7 Å². The number of carboxylic acid groups (broad SMARTS) is 1. The summed E-state index contributed by atoms with van der Waals surface area (Å²) in [5, 5.41) is 14.0. The first kappa shape index (κ1) is 22.7. The first-order chi connectivity index (χ1) is 15.7. The highest BCUT2D eigenvalue weighted by Crippen LogP contribution is 2.48. The van der Waals surface area contributed by atoms with E-state index in [0.29, 0.717) is 39.8 Å². The summed E-state index contributed by atoms with van der Waals surface area (Å²) in [6.07, 6.45) is 0.442. The number of H-pyrrole nitrogens is 1. The predicted molar refractivity (Wildman–Crippen MR) is 132 cm³/mol. The molecule has 1 aromatic carbocycles. The first-order valence-corrected chi connectivity index (χ1v) is 12.7. The Balaban J connectivity index is 1.26. The largest absolute Gasteiger partial charge is 0.477 e. The van der Waals surface area contributed by atoms with Crippen LogP contribution in [0.4, 0.5) is 5.13 Å². The van der Waals surface area contributed by atoms with Gasteiger partial charge in [0.15, 0.2) is 5.13 Å². The summed E-state index contributed by atoms with van der Waals surface area (Å²) in [4.78, 5) is 34.4. The Kier molecular flexibility index (Phi) is 5.93. The molecule has 1 aliphatic heterocycles. The van der Waals surface area contributed by atoms with Crippen molar-refractivity contribution in [2.24, 2.45) is 11.8 Å². The van der Waals surface area contributed by atoms with Gasteiger partial charge in [-0.2, -0.15) is 0 Å². The summed E-state index contributed by atoms with van der Waals surface area (Å²) >= 11 is 17.0. The summed E-state index contributed by atoms with van der Waals surface area (Å²) < 4.78 is 0.926. The van der Waals surface area contributed by atoms with E-state index in [9.17, 15) is 14.7 Å². The maximum absolute atomic E-state index is 12.6. The molecule has 1 saturated carbocycles. The van der Waals surface area contributed by atoms with Gasteiger partial charge in [0.25, 0.3) is 5.91 Å². The van der Waals surface area contributed by atoms with E-state index < -0.39 is 5.97 Å². The van der Waals surface area contributed by atoms with Crippen LogP contribution in [0.5, 0.6) is 0 Å². The number of aromatic amines is 1. The zero-order chi connectivity index (χ0) is 23.4. The molecule has 2 aliphatic rings. The molecule has 0 spiro atoms. The number of aromatic carboxylic acids is 1. The van der Waals surface area contributed by atoms with Crippen molar-refractivity contribution >= 4 is 67.5 Å². The fourth-order valence-electron chi connectivity index (χ4n) is 4.43. The molecule has 0 unspecified atom stereocenters. The molecule has 1 amide bonds. The molecule has 0 radical (unpaired) electrons. The number of piperidine rings is 1. The number of amides is 1. The van der Waals surface area contributed by atoms with E-state index in [4.69, 9.17) is 23.2 Å². The molecule has 2 fully saturated rings. The number of fused-ring (bicyclic) bond motifs is 1. The normalized spacial score (nSPS) is 21.2. The maximum Gasteiger partial charge on any atom is 0.347 e. The fourth-order valence-corrected chi connectivity index (χ4v) is 6.21. The summed E-state index contributed by atoms with van der Waals surface area (Å²) in [6.45, 7) is 3.20. The second kappa shape index (κ2) is 8.61. The standard InChI is InChI=1S/C22H19BrCl2N4O3S/c1-9-15(24)16(25)18(26-9)20(30)28-17-11-7-29(8-12(11)17)22-27-14(19(33-22)21(31)32)6-10-4-2-3-5-13(10)23/h2-5,11-12,17,26H,6-8H2,1H3,(H,28,30)(H,31,32)/t11-,12+,17+. The van der Waals surface area contributed by atoms with E-state index in [1.165, 1.54) is 11.3 Å². The van der Waals surface area contributed by atoms with Gasteiger partial charge >= 0.3 is 5.97 Å². The highest BCUT2D eigenvalue weighted by atomic mass is 79.9. The molecule has 2 aromatic heterocycles. The highest BCUT2D eigenvalue weighted by Gasteiger charge is 2.57. The molecule has 33 heavy (non-hydrogen) atoms. The average Bonchev–Trinajstić information content (AvgIpc) is 3.14. The van der Waals surface area contributed by atoms with Crippen molar-refractivity contribution in [2.45, 2.75) is 19.4 Å². The third-order valence-electron chi connectivity index (χ3n) is 6.24. The zero-order valence-electron chi connectivity index (χ0n) is 17.4. The molecule has 3 N–H and O–H groups in total. The van der Waals surface area contributed by atoms with Crippen LogP contribution in [0.1, 0.15) is 37.1 Å². The van der Waals surface area contributed by atoms with E-state index in [1.807, 2.05) is 24.3 Å². The van der Waals surface area contributed by atoms with Gasteiger partial charge in [0.05, 0.1) is 15.7 Å². The summed E-state index contributed by atoms with van der Waals surface area (Å²) in [7, 11) is 0. The third-order valence-corrected chi connectivity index (χ3v) is 9.11. The Bertz CT molecular complexity index is 1260. The highest BCUT2D eigenvalue weighted by molar-refractivity contribution is 9.10. The number of thiazole rings is 1. The monoisotopic (exact) mass is 568 g/mol. The SMILES string of the molecule is Cc1[nH]c(C(=O)N[C@H]2[C@@H]3CN(c4nc(Cc5ccccc5Br)c(C(=O)O)s4)C[C@@H]32)c(Cl)c1Cl. The van der Waals surface area contributed by atoms with Crippen LogP contribution in [0, 0.1) is 18.8 Å². The minimum Gasteiger partial charge on any atom is -0.477 e. The van der Waals surface area contributed by atoms with Crippen LogP contribution in [-0.2, 0) is 6.42 Å². The van der Waals surface area contributed by atoms with Crippen molar-refractivity contribution < 1.29 is 14.7 Å². The lowest BCUT2D eigenvalue weighted by Crippen LogP contribution is -2.34. The number of nitrogens with one attached hydrogen (secondary N) is 2. The number of aryl methyl sites for hydroxylation is 1. The zero-order valence-corrected chi connectivity index (χ0v) is 21.3. The van der Waals surface area contributed by atoms with Crippen LogP contribution >= 0.6 is 50.5 Å². The summed E-state index contributed by atoms with van der Waals surface area (Å²) in [6, 6.07) is 7.79. The van der Waals surface area contributed by atoms with Crippen molar-refractivity contribution in [3.05, 3.63) is 66.3 Å². The lowest BCUT2D eigenvalue weighted by molar-refractivity contribution is 0.0700. The quantitative estimate of drug-likeness (QED) is 0.388. The number of hydrogen-bond donors (Lipinski definition) is 3. The van der Waals surface area contributed by atoms with Gasteiger partial charge in [0.2, 0.25) is 0 Å². The number of carbonyl (C=O) groups is 2. The summed E-state index contributed by atoms with van der Waals surface area (Å²) in [5.41, 5.74) is 2.49. The Morgan fingerprint density at radius 2 is 1.97 bits per heavy atom. The van der Waals surface area contributed by atoms with E-state index in [-0.39, 0.29) is 27.5 Å². The second-order valence-electron chi connectivity index (χ2n) is 8.33. The Labute approximate surface area is 212 Å². The van der Waals surface area contributed by atoms with Gasteiger partial charge in [-0.3, -0.25) is 4.79 Å². The van der Waals surface area contributed by atoms with Crippen molar-refractivity contribution in [1.82, 2.24) is 15.3 Å². The molecule has 1 aliphatic carbocycles. The molecule has 3 aromatic rings. The summed E-state index contributed by atoms with van der Waals surface area (Å²) in [5.74, 6) is -0.641. The van der Waals surface area contributed by atoms with Gasteiger partial charge in [-0.15, -0.1) is 0 Å². The number of hydrogen-bond acceptors (Lipinski definition) is 5.